The highest BCUT2D eigenvalue weighted by molar-refractivity contribution is 8.09. The first-order chi connectivity index (χ1) is 7.57. The van der Waals surface area contributed by atoms with Crippen LogP contribution in [0.3, 0.4) is 0 Å². The maximum absolute atomic E-state index is 11.2. The van der Waals surface area contributed by atoms with E-state index in [1.807, 2.05) is 30.3 Å². The topological polar surface area (TPSA) is 54.4 Å². The Labute approximate surface area is 99.0 Å². The van der Waals surface area contributed by atoms with Gasteiger partial charge in [-0.3, -0.25) is 4.55 Å². The molecular formula is C11H15O3S2+. The van der Waals surface area contributed by atoms with Crippen molar-refractivity contribution in [3.63, 3.8) is 0 Å². The number of rotatable bonds is 3. The van der Waals surface area contributed by atoms with Crippen molar-refractivity contribution in [2.24, 2.45) is 0 Å². The lowest BCUT2D eigenvalue weighted by molar-refractivity contribution is 0.478. The normalized spacial score (nSPS) is 25.8. The van der Waals surface area contributed by atoms with Crippen molar-refractivity contribution in [2.75, 3.05) is 5.75 Å². The minimum absolute atomic E-state index is 0.223. The van der Waals surface area contributed by atoms with Gasteiger partial charge in [0.2, 0.25) is 4.58 Å². The van der Waals surface area contributed by atoms with Gasteiger partial charge < -0.3 is 0 Å². The van der Waals surface area contributed by atoms with Gasteiger partial charge in [0.05, 0.1) is 0 Å². The van der Waals surface area contributed by atoms with Gasteiger partial charge in [0.15, 0.2) is 0 Å². The zero-order valence-electron chi connectivity index (χ0n) is 8.87. The van der Waals surface area contributed by atoms with Crippen molar-refractivity contribution in [3.8, 4) is 0 Å². The van der Waals surface area contributed by atoms with E-state index in [0.29, 0.717) is 6.42 Å². The monoisotopic (exact) mass is 259 g/mol. The molecule has 0 amide bonds. The molecule has 2 atom stereocenters. The zero-order valence-corrected chi connectivity index (χ0v) is 10.5. The van der Waals surface area contributed by atoms with Crippen LogP contribution >= 0.6 is 0 Å². The Morgan fingerprint density at radius 1 is 1.31 bits per heavy atom. The standard InChI is InChI=1S/C11H14O3S2/c12-16(13,14)11-7-4-8-15(11)9-10-5-2-1-3-6-10/h1-3,5-6,11H,4,7-9H2/p+1. The lowest BCUT2D eigenvalue weighted by atomic mass is 10.2. The van der Waals surface area contributed by atoms with Crippen molar-refractivity contribution in [1.29, 1.82) is 0 Å². The van der Waals surface area contributed by atoms with Crippen LogP contribution < -0.4 is 0 Å². The molecule has 1 aliphatic rings. The Morgan fingerprint density at radius 3 is 2.62 bits per heavy atom. The fourth-order valence-corrected chi connectivity index (χ4v) is 6.59. The Morgan fingerprint density at radius 2 is 2.00 bits per heavy atom. The average molecular weight is 259 g/mol. The molecule has 1 aromatic carbocycles. The summed E-state index contributed by atoms with van der Waals surface area (Å²) in [5, 5.41) is 0. The van der Waals surface area contributed by atoms with Crippen LogP contribution in [0.4, 0.5) is 0 Å². The van der Waals surface area contributed by atoms with E-state index in [2.05, 4.69) is 0 Å². The van der Waals surface area contributed by atoms with Crippen LogP contribution in [-0.4, -0.2) is 23.3 Å². The molecule has 1 heterocycles. The van der Waals surface area contributed by atoms with Gasteiger partial charge in [0, 0.05) is 22.9 Å². The molecule has 88 valence electrons. The van der Waals surface area contributed by atoms with Crippen molar-refractivity contribution in [1.82, 2.24) is 0 Å². The van der Waals surface area contributed by atoms with Gasteiger partial charge in [-0.1, -0.05) is 30.3 Å². The van der Waals surface area contributed by atoms with Crippen molar-refractivity contribution >= 4 is 21.0 Å². The Balaban J connectivity index is 2.11. The molecule has 16 heavy (non-hydrogen) atoms. The average Bonchev–Trinajstić information content (AvgIpc) is 2.67. The second kappa shape index (κ2) is 4.77. The van der Waals surface area contributed by atoms with Crippen LogP contribution in [0.2, 0.25) is 0 Å². The van der Waals surface area contributed by atoms with Gasteiger partial charge in [-0.15, -0.1) is 0 Å². The molecule has 0 saturated carbocycles. The third kappa shape index (κ3) is 2.78. The summed E-state index contributed by atoms with van der Waals surface area (Å²) in [6.07, 6.45) is 1.51. The number of hydrogen-bond acceptors (Lipinski definition) is 2. The van der Waals surface area contributed by atoms with Crippen LogP contribution in [0, 0.1) is 0 Å². The van der Waals surface area contributed by atoms with Gasteiger partial charge in [-0.2, -0.15) is 8.42 Å². The summed E-state index contributed by atoms with van der Waals surface area (Å²) in [4.78, 5) is 0. The van der Waals surface area contributed by atoms with Crippen molar-refractivity contribution < 1.29 is 13.0 Å². The molecular weight excluding hydrogens is 244 g/mol. The van der Waals surface area contributed by atoms with Crippen LogP contribution in [0.1, 0.15) is 18.4 Å². The molecule has 0 bridgehead atoms. The first-order valence-electron chi connectivity index (χ1n) is 5.24. The molecule has 1 N–H and O–H groups in total. The summed E-state index contributed by atoms with van der Waals surface area (Å²) >= 11 is 0. The lowest BCUT2D eigenvalue weighted by Crippen LogP contribution is -2.27. The maximum Gasteiger partial charge on any atom is 0.314 e. The highest BCUT2D eigenvalue weighted by atomic mass is 32.3. The molecule has 1 aliphatic heterocycles. The second-order valence-electron chi connectivity index (χ2n) is 3.96. The lowest BCUT2D eigenvalue weighted by Gasteiger charge is -2.08. The summed E-state index contributed by atoms with van der Waals surface area (Å²) in [6, 6.07) is 9.87. The van der Waals surface area contributed by atoms with Gasteiger partial charge in [-0.25, -0.2) is 0 Å². The maximum atomic E-state index is 11.2. The summed E-state index contributed by atoms with van der Waals surface area (Å²) in [5.41, 5.74) is 1.15. The number of hydrogen-bond donors (Lipinski definition) is 1. The highest BCUT2D eigenvalue weighted by Gasteiger charge is 2.44. The SMILES string of the molecule is O=S(=O)(O)C1CCC[S+]1Cc1ccccc1. The van der Waals surface area contributed by atoms with Crippen molar-refractivity contribution in [2.45, 2.75) is 23.2 Å². The summed E-state index contributed by atoms with van der Waals surface area (Å²) in [6.45, 7) is 0. The van der Waals surface area contributed by atoms with E-state index in [1.165, 1.54) is 0 Å². The van der Waals surface area contributed by atoms with E-state index in [4.69, 9.17) is 4.55 Å². The summed E-state index contributed by atoms with van der Waals surface area (Å²) in [5.74, 6) is 1.69. The molecule has 0 spiro atoms. The largest absolute Gasteiger partial charge is 0.314 e. The van der Waals surface area contributed by atoms with E-state index >= 15 is 0 Å². The molecule has 3 nitrogen and oxygen atoms in total. The molecule has 0 radical (unpaired) electrons. The Hall–Kier alpha value is -0.520. The molecule has 2 unspecified atom stereocenters. The first-order valence-corrected chi connectivity index (χ1v) is 8.37. The van der Waals surface area contributed by atoms with Gasteiger partial charge in [-0.05, 0) is 6.42 Å². The fourth-order valence-electron chi connectivity index (χ4n) is 2.01. The molecule has 1 fully saturated rings. The van der Waals surface area contributed by atoms with Crippen LogP contribution in [-0.2, 0) is 26.8 Å². The van der Waals surface area contributed by atoms with E-state index < -0.39 is 14.7 Å². The highest BCUT2D eigenvalue weighted by Crippen LogP contribution is 2.29. The predicted octanol–water partition coefficient (Wildman–Crippen LogP) is 1.81. The molecule has 0 aromatic heterocycles. The van der Waals surface area contributed by atoms with E-state index in [1.54, 1.807) is 0 Å². The third-order valence-corrected chi connectivity index (χ3v) is 7.69. The second-order valence-corrected chi connectivity index (χ2v) is 8.20. The first kappa shape index (κ1) is 12.0. The van der Waals surface area contributed by atoms with E-state index in [0.717, 1.165) is 23.5 Å². The van der Waals surface area contributed by atoms with Gasteiger partial charge in [0.1, 0.15) is 11.5 Å². The Bertz CT molecular complexity index is 442. The minimum atomic E-state index is -3.86. The zero-order chi connectivity index (χ0) is 11.6. The van der Waals surface area contributed by atoms with Crippen LogP contribution in [0.25, 0.3) is 0 Å². The fraction of sp³-hybridized carbons (Fsp3) is 0.455. The smallest absolute Gasteiger partial charge is 0.282 e. The molecule has 0 aliphatic carbocycles. The van der Waals surface area contributed by atoms with Gasteiger partial charge in [0.25, 0.3) is 0 Å². The molecule has 5 heteroatoms. The van der Waals surface area contributed by atoms with Crippen LogP contribution in [0.5, 0.6) is 0 Å². The molecule has 2 rings (SSSR count). The van der Waals surface area contributed by atoms with E-state index in [-0.39, 0.29) is 10.9 Å². The summed E-state index contributed by atoms with van der Waals surface area (Å²) in [7, 11) is -4.08. The summed E-state index contributed by atoms with van der Waals surface area (Å²) < 4.78 is 31.0. The molecule has 1 aromatic rings. The van der Waals surface area contributed by atoms with Crippen molar-refractivity contribution in [3.05, 3.63) is 35.9 Å². The van der Waals surface area contributed by atoms with Crippen LogP contribution in [0.15, 0.2) is 30.3 Å². The predicted molar refractivity (Wildman–Crippen MR) is 66.9 cm³/mol. The third-order valence-electron chi connectivity index (χ3n) is 2.75. The van der Waals surface area contributed by atoms with Gasteiger partial charge >= 0.3 is 10.1 Å². The molecule has 1 saturated heterocycles. The Kier molecular flexibility index (Phi) is 3.56. The quantitative estimate of drug-likeness (QED) is 0.665. The number of benzene rings is 1. The minimum Gasteiger partial charge on any atom is -0.282 e. The van der Waals surface area contributed by atoms with E-state index in [9.17, 15) is 8.42 Å².